The highest BCUT2D eigenvalue weighted by atomic mass is 127. The molecule has 8 heteroatoms. The van der Waals surface area contributed by atoms with Crippen LogP contribution in [-0.4, -0.2) is 20.4 Å². The Morgan fingerprint density at radius 3 is 2.53 bits per heavy atom. The summed E-state index contributed by atoms with van der Waals surface area (Å²) in [5.74, 6) is 0. The molecule has 0 aliphatic rings. The molecule has 0 unspecified atom stereocenters. The average molecular weight is 342 g/mol. The Morgan fingerprint density at radius 2 is 2.07 bits per heavy atom. The average Bonchev–Trinajstić information content (AvgIpc) is 2.17. The van der Waals surface area contributed by atoms with Gasteiger partial charge in [-0.3, -0.25) is 10.1 Å². The van der Waals surface area contributed by atoms with Crippen LogP contribution in [0.5, 0.6) is 0 Å². The Kier molecular flexibility index (Phi) is 3.62. The molecule has 0 radical (unpaired) electrons. The van der Waals surface area contributed by atoms with Gasteiger partial charge in [-0.2, -0.15) is 0 Å². The van der Waals surface area contributed by atoms with Gasteiger partial charge >= 0.3 is 0 Å². The van der Waals surface area contributed by atoms with Crippen molar-refractivity contribution in [2.45, 2.75) is 4.90 Å². The molecule has 0 aliphatic carbocycles. The van der Waals surface area contributed by atoms with Crippen molar-refractivity contribution in [2.75, 3.05) is 7.05 Å². The first-order valence-electron chi connectivity index (χ1n) is 3.76. The summed E-state index contributed by atoms with van der Waals surface area (Å²) in [6.45, 7) is 0. The minimum atomic E-state index is -3.79. The van der Waals surface area contributed by atoms with Crippen LogP contribution in [-0.2, 0) is 10.0 Å². The summed E-state index contributed by atoms with van der Waals surface area (Å²) in [5.41, 5.74) is -0.420. The molecule has 1 aromatic rings. The van der Waals surface area contributed by atoms with Gasteiger partial charge in [0.05, 0.1) is 4.92 Å². The lowest BCUT2D eigenvalue weighted by molar-refractivity contribution is -0.387. The minimum Gasteiger partial charge on any atom is -0.258 e. The SMILES string of the molecule is CNS(=O)(=O)c1ccc(I)cc1[N+](=O)[O-]. The Balaban J connectivity index is 3.49. The number of nitrogens with one attached hydrogen (secondary N) is 1. The monoisotopic (exact) mass is 342 g/mol. The van der Waals surface area contributed by atoms with Crippen LogP contribution >= 0.6 is 22.6 Å². The van der Waals surface area contributed by atoms with E-state index in [2.05, 4.69) is 0 Å². The maximum Gasteiger partial charge on any atom is 0.290 e. The summed E-state index contributed by atoms with van der Waals surface area (Å²) in [5, 5.41) is 10.6. The molecule has 0 aromatic heterocycles. The molecule has 0 bridgehead atoms. The van der Waals surface area contributed by atoms with Gasteiger partial charge in [-0.1, -0.05) is 0 Å². The van der Waals surface area contributed by atoms with Crippen molar-refractivity contribution in [1.29, 1.82) is 0 Å². The molecule has 82 valence electrons. The van der Waals surface area contributed by atoms with E-state index in [-0.39, 0.29) is 4.90 Å². The van der Waals surface area contributed by atoms with E-state index in [1.807, 2.05) is 27.3 Å². The Bertz CT molecular complexity index is 500. The summed E-state index contributed by atoms with van der Waals surface area (Å²) in [6.07, 6.45) is 0. The standard InChI is InChI=1S/C7H7IN2O4S/c1-9-15(13,14)7-3-2-5(8)4-6(7)10(11)12/h2-4,9H,1H3. The second-order valence-corrected chi connectivity index (χ2v) is 5.68. The van der Waals surface area contributed by atoms with Gasteiger partial charge in [0.2, 0.25) is 10.0 Å². The molecule has 0 amide bonds. The number of nitro benzene ring substituents is 1. The van der Waals surface area contributed by atoms with E-state index in [1.54, 1.807) is 0 Å². The molecular formula is C7H7IN2O4S. The predicted molar refractivity (Wildman–Crippen MR) is 62.1 cm³/mol. The first kappa shape index (κ1) is 12.3. The molecular weight excluding hydrogens is 335 g/mol. The van der Waals surface area contributed by atoms with E-state index in [9.17, 15) is 18.5 Å². The van der Waals surface area contributed by atoms with Gasteiger partial charge in [-0.15, -0.1) is 0 Å². The van der Waals surface area contributed by atoms with Crippen molar-refractivity contribution < 1.29 is 13.3 Å². The van der Waals surface area contributed by atoms with Gasteiger partial charge in [0.1, 0.15) is 0 Å². The van der Waals surface area contributed by atoms with Crippen LogP contribution in [0, 0.1) is 13.7 Å². The number of nitrogens with zero attached hydrogens (tertiary/aromatic N) is 1. The zero-order valence-electron chi connectivity index (χ0n) is 7.60. The molecule has 1 aromatic carbocycles. The lowest BCUT2D eigenvalue weighted by Gasteiger charge is -2.03. The number of halogens is 1. The van der Waals surface area contributed by atoms with Crippen molar-refractivity contribution in [1.82, 2.24) is 4.72 Å². The maximum atomic E-state index is 11.4. The molecule has 0 atom stereocenters. The first-order valence-corrected chi connectivity index (χ1v) is 6.32. The minimum absolute atomic E-state index is 0.324. The fraction of sp³-hybridized carbons (Fsp3) is 0.143. The Hall–Kier alpha value is -0.740. The molecule has 0 heterocycles. The van der Waals surface area contributed by atoms with Crippen LogP contribution < -0.4 is 4.72 Å². The van der Waals surface area contributed by atoms with Crippen LogP contribution in [0.2, 0.25) is 0 Å². The van der Waals surface area contributed by atoms with E-state index in [1.165, 1.54) is 25.2 Å². The number of hydrogen-bond donors (Lipinski definition) is 1. The number of nitro groups is 1. The predicted octanol–water partition coefficient (Wildman–Crippen LogP) is 1.11. The largest absolute Gasteiger partial charge is 0.290 e. The second kappa shape index (κ2) is 4.41. The molecule has 1 N–H and O–H groups in total. The fourth-order valence-electron chi connectivity index (χ4n) is 0.970. The molecule has 0 saturated heterocycles. The van der Waals surface area contributed by atoms with Crippen molar-refractivity contribution in [3.8, 4) is 0 Å². The lowest BCUT2D eigenvalue weighted by Crippen LogP contribution is -2.19. The molecule has 0 fully saturated rings. The van der Waals surface area contributed by atoms with Gasteiger partial charge in [0, 0.05) is 9.64 Å². The van der Waals surface area contributed by atoms with Crippen LogP contribution in [0.4, 0.5) is 5.69 Å². The van der Waals surface area contributed by atoms with Gasteiger partial charge in [0.25, 0.3) is 5.69 Å². The number of benzene rings is 1. The zero-order chi connectivity index (χ0) is 11.6. The summed E-state index contributed by atoms with van der Waals surface area (Å²) in [7, 11) is -2.58. The van der Waals surface area contributed by atoms with E-state index < -0.39 is 20.6 Å². The molecule has 6 nitrogen and oxygen atoms in total. The zero-order valence-corrected chi connectivity index (χ0v) is 10.6. The highest BCUT2D eigenvalue weighted by Crippen LogP contribution is 2.25. The summed E-state index contributed by atoms with van der Waals surface area (Å²) >= 11 is 1.88. The molecule has 1 rings (SSSR count). The van der Waals surface area contributed by atoms with Gasteiger partial charge in [-0.25, -0.2) is 13.1 Å². The third kappa shape index (κ3) is 2.63. The van der Waals surface area contributed by atoms with E-state index in [0.717, 1.165) is 0 Å². The summed E-state index contributed by atoms with van der Waals surface area (Å²) in [6, 6.07) is 3.92. The number of rotatable bonds is 3. The number of hydrogen-bond acceptors (Lipinski definition) is 4. The third-order valence-corrected chi connectivity index (χ3v) is 3.81. The maximum absolute atomic E-state index is 11.4. The van der Waals surface area contributed by atoms with Crippen molar-refractivity contribution in [3.05, 3.63) is 31.9 Å². The molecule has 0 spiro atoms. The van der Waals surface area contributed by atoms with Crippen LogP contribution in [0.3, 0.4) is 0 Å². The third-order valence-electron chi connectivity index (χ3n) is 1.68. The smallest absolute Gasteiger partial charge is 0.258 e. The quantitative estimate of drug-likeness (QED) is 0.506. The van der Waals surface area contributed by atoms with Crippen molar-refractivity contribution >= 4 is 38.3 Å². The lowest BCUT2D eigenvalue weighted by atomic mass is 10.3. The fourth-order valence-corrected chi connectivity index (χ4v) is 2.32. The van der Waals surface area contributed by atoms with Crippen molar-refractivity contribution in [2.24, 2.45) is 0 Å². The van der Waals surface area contributed by atoms with Crippen LogP contribution in [0.25, 0.3) is 0 Å². The molecule has 0 saturated carbocycles. The highest BCUT2D eigenvalue weighted by molar-refractivity contribution is 14.1. The second-order valence-electron chi connectivity index (χ2n) is 2.58. The molecule has 15 heavy (non-hydrogen) atoms. The van der Waals surface area contributed by atoms with Gasteiger partial charge in [0.15, 0.2) is 4.90 Å². The van der Waals surface area contributed by atoms with Crippen molar-refractivity contribution in [3.63, 3.8) is 0 Å². The Labute approximate surface area is 100 Å². The summed E-state index contributed by atoms with van der Waals surface area (Å²) in [4.78, 5) is 9.61. The van der Waals surface area contributed by atoms with Crippen LogP contribution in [0.15, 0.2) is 23.1 Å². The van der Waals surface area contributed by atoms with E-state index in [0.29, 0.717) is 3.57 Å². The Morgan fingerprint density at radius 1 is 1.47 bits per heavy atom. The normalized spacial score (nSPS) is 11.3. The first-order chi connectivity index (χ1) is 6.88. The van der Waals surface area contributed by atoms with Gasteiger partial charge in [-0.05, 0) is 41.8 Å². The summed E-state index contributed by atoms with van der Waals surface area (Å²) < 4.78 is 25.5. The van der Waals surface area contributed by atoms with Crippen LogP contribution in [0.1, 0.15) is 0 Å². The van der Waals surface area contributed by atoms with Gasteiger partial charge < -0.3 is 0 Å². The topological polar surface area (TPSA) is 89.3 Å². The van der Waals surface area contributed by atoms with E-state index in [4.69, 9.17) is 0 Å². The van der Waals surface area contributed by atoms with E-state index >= 15 is 0 Å². The molecule has 0 aliphatic heterocycles. The number of sulfonamides is 1. The highest BCUT2D eigenvalue weighted by Gasteiger charge is 2.24.